The van der Waals surface area contributed by atoms with Gasteiger partial charge in [0.05, 0.1) is 11.5 Å². The minimum absolute atomic E-state index is 0.152. The molecule has 1 rings (SSSR count). The normalized spacial score (nSPS) is 25.9. The van der Waals surface area contributed by atoms with Gasteiger partial charge < -0.3 is 4.90 Å². The van der Waals surface area contributed by atoms with Crippen molar-refractivity contribution >= 4 is 0 Å². The summed E-state index contributed by atoms with van der Waals surface area (Å²) in [4.78, 5) is 2.52. The Bertz CT molecular complexity index is 265. The smallest absolute Gasteiger partial charge is 0.0683 e. The van der Waals surface area contributed by atoms with E-state index >= 15 is 0 Å². The summed E-state index contributed by atoms with van der Waals surface area (Å²) in [6.07, 6.45) is 7.67. The van der Waals surface area contributed by atoms with E-state index in [1.54, 1.807) is 0 Å². The average molecular weight is 236 g/mol. The highest BCUT2D eigenvalue weighted by Gasteiger charge is 2.23. The fourth-order valence-corrected chi connectivity index (χ4v) is 2.81. The van der Waals surface area contributed by atoms with Gasteiger partial charge in [-0.1, -0.05) is 19.8 Å². The fourth-order valence-electron chi connectivity index (χ4n) is 2.81. The zero-order valence-electron chi connectivity index (χ0n) is 12.0. The molecule has 0 spiro atoms. The third kappa shape index (κ3) is 5.08. The van der Waals surface area contributed by atoms with E-state index in [-0.39, 0.29) is 5.41 Å². The molecule has 0 aromatic rings. The molecule has 2 nitrogen and oxygen atoms in total. The van der Waals surface area contributed by atoms with Crippen molar-refractivity contribution in [1.29, 1.82) is 5.26 Å². The van der Waals surface area contributed by atoms with Gasteiger partial charge in [0, 0.05) is 6.04 Å². The first kappa shape index (κ1) is 14.5. The molecule has 0 aromatic heterocycles. The van der Waals surface area contributed by atoms with Crippen LogP contribution < -0.4 is 0 Å². The molecule has 2 unspecified atom stereocenters. The van der Waals surface area contributed by atoms with Crippen molar-refractivity contribution in [3.05, 3.63) is 0 Å². The summed E-state index contributed by atoms with van der Waals surface area (Å²) in [5.74, 6) is 0.895. The Morgan fingerprint density at radius 2 is 2.06 bits per heavy atom. The lowest BCUT2D eigenvalue weighted by molar-refractivity contribution is 0.158. The maximum atomic E-state index is 8.98. The molecule has 0 aromatic carbocycles. The second-order valence-corrected chi connectivity index (χ2v) is 6.51. The van der Waals surface area contributed by atoms with Crippen LogP contribution in [0.25, 0.3) is 0 Å². The predicted octanol–water partition coefficient (Wildman–Crippen LogP) is 3.83. The van der Waals surface area contributed by atoms with Crippen molar-refractivity contribution < 1.29 is 0 Å². The van der Waals surface area contributed by atoms with Crippen LogP contribution in [0, 0.1) is 22.7 Å². The van der Waals surface area contributed by atoms with Crippen LogP contribution in [0.4, 0.5) is 0 Å². The van der Waals surface area contributed by atoms with E-state index in [0.29, 0.717) is 0 Å². The van der Waals surface area contributed by atoms with Crippen LogP contribution in [0.3, 0.4) is 0 Å². The molecule has 2 heteroatoms. The molecule has 17 heavy (non-hydrogen) atoms. The molecule has 1 fully saturated rings. The van der Waals surface area contributed by atoms with E-state index in [0.717, 1.165) is 31.3 Å². The van der Waals surface area contributed by atoms with Gasteiger partial charge in [-0.25, -0.2) is 0 Å². The number of rotatable bonds is 5. The Morgan fingerprint density at radius 3 is 2.65 bits per heavy atom. The highest BCUT2D eigenvalue weighted by atomic mass is 15.1. The van der Waals surface area contributed by atoms with Gasteiger partial charge in [0.2, 0.25) is 0 Å². The zero-order chi connectivity index (χ0) is 12.9. The SMILES string of the molecule is CC1CCCC(N(C)CCCC(C)(C)C#N)C1. The zero-order valence-corrected chi connectivity index (χ0v) is 12.0. The van der Waals surface area contributed by atoms with Gasteiger partial charge in [-0.2, -0.15) is 5.26 Å². The molecule has 0 bridgehead atoms. The summed E-state index contributed by atoms with van der Waals surface area (Å²) in [5, 5.41) is 8.98. The van der Waals surface area contributed by atoms with E-state index in [1.165, 1.54) is 25.7 Å². The van der Waals surface area contributed by atoms with E-state index < -0.39 is 0 Å². The quantitative estimate of drug-likeness (QED) is 0.725. The molecule has 0 N–H and O–H groups in total. The van der Waals surface area contributed by atoms with E-state index in [2.05, 4.69) is 24.9 Å². The maximum Gasteiger partial charge on any atom is 0.0683 e. The van der Waals surface area contributed by atoms with Gasteiger partial charge in [-0.15, -0.1) is 0 Å². The molecule has 0 heterocycles. The highest BCUT2D eigenvalue weighted by Crippen LogP contribution is 2.27. The third-order valence-corrected chi connectivity index (χ3v) is 4.15. The van der Waals surface area contributed by atoms with Crippen LogP contribution in [0.5, 0.6) is 0 Å². The fraction of sp³-hybridized carbons (Fsp3) is 0.933. The maximum absolute atomic E-state index is 8.98. The van der Waals surface area contributed by atoms with Gasteiger partial charge in [0.15, 0.2) is 0 Å². The van der Waals surface area contributed by atoms with Crippen LogP contribution in [0.2, 0.25) is 0 Å². The molecule has 0 amide bonds. The second-order valence-electron chi connectivity index (χ2n) is 6.51. The lowest BCUT2D eigenvalue weighted by atomic mass is 9.86. The highest BCUT2D eigenvalue weighted by molar-refractivity contribution is 4.91. The van der Waals surface area contributed by atoms with Crippen LogP contribution in [0.1, 0.15) is 59.3 Å². The third-order valence-electron chi connectivity index (χ3n) is 4.15. The van der Waals surface area contributed by atoms with Crippen molar-refractivity contribution in [2.45, 2.75) is 65.3 Å². The topological polar surface area (TPSA) is 27.0 Å². The van der Waals surface area contributed by atoms with Crippen LogP contribution >= 0.6 is 0 Å². The summed E-state index contributed by atoms with van der Waals surface area (Å²) in [6, 6.07) is 3.16. The van der Waals surface area contributed by atoms with E-state index in [1.807, 2.05) is 13.8 Å². The Labute approximate surface area is 107 Å². The monoisotopic (exact) mass is 236 g/mol. The first-order valence-corrected chi connectivity index (χ1v) is 7.06. The molecule has 1 aliphatic rings. The summed E-state index contributed by atoms with van der Waals surface area (Å²) in [7, 11) is 2.25. The second kappa shape index (κ2) is 6.40. The number of hydrogen-bond donors (Lipinski definition) is 0. The van der Waals surface area contributed by atoms with Gasteiger partial charge >= 0.3 is 0 Å². The van der Waals surface area contributed by atoms with Gasteiger partial charge in [0.1, 0.15) is 0 Å². The minimum Gasteiger partial charge on any atom is -0.303 e. The van der Waals surface area contributed by atoms with Crippen molar-refractivity contribution in [2.24, 2.45) is 11.3 Å². The largest absolute Gasteiger partial charge is 0.303 e. The molecular formula is C15H28N2. The van der Waals surface area contributed by atoms with Crippen LogP contribution in [0.15, 0.2) is 0 Å². The standard InChI is InChI=1S/C15H28N2/c1-13-7-5-8-14(11-13)17(4)10-6-9-15(2,3)12-16/h13-14H,5-11H2,1-4H3. The molecule has 1 aliphatic carbocycles. The molecule has 98 valence electrons. The van der Waals surface area contributed by atoms with Crippen LogP contribution in [-0.4, -0.2) is 24.5 Å². The van der Waals surface area contributed by atoms with Crippen molar-refractivity contribution in [3.63, 3.8) is 0 Å². The van der Waals surface area contributed by atoms with Crippen molar-refractivity contribution in [3.8, 4) is 6.07 Å². The molecule has 2 atom stereocenters. The van der Waals surface area contributed by atoms with Crippen molar-refractivity contribution in [2.75, 3.05) is 13.6 Å². The Hall–Kier alpha value is -0.550. The predicted molar refractivity (Wildman–Crippen MR) is 72.7 cm³/mol. The first-order chi connectivity index (χ1) is 7.94. The Kier molecular flexibility index (Phi) is 5.46. The van der Waals surface area contributed by atoms with E-state index in [9.17, 15) is 0 Å². The minimum atomic E-state index is -0.152. The summed E-state index contributed by atoms with van der Waals surface area (Å²) in [5.41, 5.74) is -0.152. The van der Waals surface area contributed by atoms with Crippen molar-refractivity contribution in [1.82, 2.24) is 4.90 Å². The summed E-state index contributed by atoms with van der Waals surface area (Å²) in [6.45, 7) is 7.59. The molecule has 0 aliphatic heterocycles. The lowest BCUT2D eigenvalue weighted by Gasteiger charge is -2.34. The Morgan fingerprint density at radius 1 is 1.35 bits per heavy atom. The lowest BCUT2D eigenvalue weighted by Crippen LogP contribution is -2.36. The first-order valence-electron chi connectivity index (χ1n) is 7.06. The van der Waals surface area contributed by atoms with E-state index in [4.69, 9.17) is 5.26 Å². The number of nitriles is 1. The van der Waals surface area contributed by atoms with Gasteiger partial charge in [0.25, 0.3) is 0 Å². The van der Waals surface area contributed by atoms with Crippen LogP contribution in [-0.2, 0) is 0 Å². The molecule has 0 radical (unpaired) electrons. The van der Waals surface area contributed by atoms with Gasteiger partial charge in [-0.3, -0.25) is 0 Å². The number of hydrogen-bond acceptors (Lipinski definition) is 2. The Balaban J connectivity index is 2.25. The summed E-state index contributed by atoms with van der Waals surface area (Å²) >= 11 is 0. The van der Waals surface area contributed by atoms with Gasteiger partial charge in [-0.05, 0) is 59.0 Å². The molecular weight excluding hydrogens is 208 g/mol. The number of nitrogens with zero attached hydrogens (tertiary/aromatic N) is 2. The average Bonchev–Trinajstić information content (AvgIpc) is 2.28. The molecule has 0 saturated heterocycles. The molecule has 1 saturated carbocycles. The summed E-state index contributed by atoms with van der Waals surface area (Å²) < 4.78 is 0.